The van der Waals surface area contributed by atoms with Gasteiger partial charge in [0.15, 0.2) is 0 Å². The Balaban J connectivity index is 1.44. The van der Waals surface area contributed by atoms with E-state index in [9.17, 15) is 9.59 Å². The van der Waals surface area contributed by atoms with Crippen molar-refractivity contribution < 1.29 is 9.59 Å². The molecule has 173 valence electrons. The molecule has 4 nitrogen and oxygen atoms in total. The zero-order valence-electron chi connectivity index (χ0n) is 19.5. The smallest absolute Gasteiger partial charge is 0.226 e. The molecule has 2 rings (SSSR count). The summed E-state index contributed by atoms with van der Waals surface area (Å²) in [4.78, 5) is 25.5. The Morgan fingerprint density at radius 3 is 1.75 bits per heavy atom. The Kier molecular flexibility index (Phi) is 11.6. The highest BCUT2D eigenvalue weighted by Crippen LogP contribution is 2.56. The molecule has 32 heavy (non-hydrogen) atoms. The molecule has 1 radical (unpaired) electrons. The van der Waals surface area contributed by atoms with Crippen molar-refractivity contribution >= 4 is 11.8 Å². The molecule has 4 heteroatoms. The van der Waals surface area contributed by atoms with E-state index in [1.54, 1.807) is 4.90 Å². The van der Waals surface area contributed by atoms with Gasteiger partial charge in [-0.2, -0.15) is 0 Å². The van der Waals surface area contributed by atoms with Crippen molar-refractivity contribution in [3.63, 3.8) is 0 Å². The maximum Gasteiger partial charge on any atom is 0.226 e. The zero-order valence-corrected chi connectivity index (χ0v) is 19.5. The number of allylic oxidation sites excluding steroid dienone is 12. The second-order valence-corrected chi connectivity index (χ2v) is 8.41. The van der Waals surface area contributed by atoms with Crippen molar-refractivity contribution in [2.45, 2.75) is 58.3 Å². The molecule has 0 aromatic rings. The summed E-state index contributed by atoms with van der Waals surface area (Å²) in [6, 6.07) is 0. The number of fused-ring (bicyclic) bond motifs is 1. The first kappa shape index (κ1) is 25.6. The van der Waals surface area contributed by atoms with Crippen LogP contribution in [0.4, 0.5) is 0 Å². The standard InChI is InChI=1S/C28H39N2O2/c1-2-3-4-5-6-7-8-9-10-11-12-13-14-15-16-17-18-19-20-21-26(31)30-23-25-22-28(25,24-30)27(29)32/h3-4,6-7,9-10,12-13,15-16,18-19,22,25H,2,5,8,11,14,17,20-21,23-24H2,1H3,(H2,29,32)/b4-3-,7-6-,10-9-,13-12-,16-15-,19-18-. The van der Waals surface area contributed by atoms with Gasteiger partial charge in [0.1, 0.15) is 0 Å². The molecular formula is C28H39N2O2. The maximum atomic E-state index is 12.3. The van der Waals surface area contributed by atoms with Gasteiger partial charge in [0.2, 0.25) is 11.8 Å². The lowest BCUT2D eigenvalue weighted by atomic mass is 10.1. The van der Waals surface area contributed by atoms with Crippen molar-refractivity contribution in [3.8, 4) is 0 Å². The Hall–Kier alpha value is -2.62. The first-order valence-electron chi connectivity index (χ1n) is 11.9. The van der Waals surface area contributed by atoms with Crippen LogP contribution in [0.3, 0.4) is 0 Å². The van der Waals surface area contributed by atoms with E-state index in [2.05, 4.69) is 79.8 Å². The molecule has 2 unspecified atom stereocenters. The summed E-state index contributed by atoms with van der Waals surface area (Å²) >= 11 is 0. The number of hydrogen-bond acceptors (Lipinski definition) is 2. The van der Waals surface area contributed by atoms with Gasteiger partial charge in [-0.25, -0.2) is 0 Å². The minimum Gasteiger partial charge on any atom is -0.369 e. The highest BCUT2D eigenvalue weighted by atomic mass is 16.2. The fourth-order valence-electron chi connectivity index (χ4n) is 3.85. The summed E-state index contributed by atoms with van der Waals surface area (Å²) in [5.74, 6) is -0.00432. The fraction of sp³-hybridized carbons (Fsp3) is 0.464. The second-order valence-electron chi connectivity index (χ2n) is 8.41. The van der Waals surface area contributed by atoms with Gasteiger partial charge in [0.05, 0.1) is 5.41 Å². The lowest BCUT2D eigenvalue weighted by molar-refractivity contribution is -0.131. The van der Waals surface area contributed by atoms with Crippen molar-refractivity contribution in [2.24, 2.45) is 17.1 Å². The average Bonchev–Trinajstić information content (AvgIpc) is 3.36. The van der Waals surface area contributed by atoms with Crippen molar-refractivity contribution in [1.29, 1.82) is 0 Å². The van der Waals surface area contributed by atoms with Crippen molar-refractivity contribution in [2.75, 3.05) is 13.1 Å². The molecule has 2 N–H and O–H groups in total. The van der Waals surface area contributed by atoms with Crippen LogP contribution in [0.2, 0.25) is 0 Å². The van der Waals surface area contributed by atoms with E-state index in [0.717, 1.165) is 44.9 Å². The van der Waals surface area contributed by atoms with Gasteiger partial charge in [-0.15, -0.1) is 0 Å². The number of likely N-dealkylation sites (tertiary alicyclic amines) is 1. The highest BCUT2D eigenvalue weighted by molar-refractivity contribution is 5.90. The number of hydrogen-bond donors (Lipinski definition) is 1. The Morgan fingerprint density at radius 1 is 0.844 bits per heavy atom. The van der Waals surface area contributed by atoms with E-state index < -0.39 is 5.41 Å². The third kappa shape index (κ3) is 8.86. The van der Waals surface area contributed by atoms with Crippen LogP contribution < -0.4 is 5.73 Å². The van der Waals surface area contributed by atoms with Gasteiger partial charge in [-0.1, -0.05) is 79.8 Å². The predicted molar refractivity (Wildman–Crippen MR) is 133 cm³/mol. The molecule has 1 saturated carbocycles. The van der Waals surface area contributed by atoms with Crippen LogP contribution in [0, 0.1) is 17.8 Å². The lowest BCUT2D eigenvalue weighted by Gasteiger charge is -2.19. The number of carbonyl (C=O) groups is 2. The molecule has 1 saturated heterocycles. The quantitative estimate of drug-likeness (QED) is 0.340. The summed E-state index contributed by atoms with van der Waals surface area (Å²) < 4.78 is 0. The van der Waals surface area contributed by atoms with E-state index in [1.807, 2.05) is 6.42 Å². The molecule has 0 aromatic heterocycles. The van der Waals surface area contributed by atoms with Crippen LogP contribution in [0.5, 0.6) is 0 Å². The van der Waals surface area contributed by atoms with Crippen LogP contribution in [-0.2, 0) is 9.59 Å². The van der Waals surface area contributed by atoms with Gasteiger partial charge < -0.3 is 10.6 Å². The lowest BCUT2D eigenvalue weighted by Crippen LogP contribution is -2.36. The summed E-state index contributed by atoms with van der Waals surface area (Å²) in [6.07, 6.45) is 35.2. The molecule has 2 fully saturated rings. The number of rotatable bonds is 15. The van der Waals surface area contributed by atoms with E-state index in [4.69, 9.17) is 5.73 Å². The predicted octanol–water partition coefficient (Wildman–Crippen LogP) is 5.61. The minimum absolute atomic E-state index is 0.116. The third-order valence-corrected chi connectivity index (χ3v) is 5.85. The molecule has 2 atom stereocenters. The van der Waals surface area contributed by atoms with E-state index in [1.165, 1.54) is 0 Å². The molecule has 1 aliphatic carbocycles. The molecule has 0 bridgehead atoms. The second kappa shape index (κ2) is 14.4. The van der Waals surface area contributed by atoms with E-state index >= 15 is 0 Å². The molecule has 0 aromatic carbocycles. The third-order valence-electron chi connectivity index (χ3n) is 5.85. The largest absolute Gasteiger partial charge is 0.369 e. The number of piperidine rings is 1. The summed E-state index contributed by atoms with van der Waals surface area (Å²) in [5.41, 5.74) is 4.93. The number of primary amides is 1. The molecule has 0 spiro atoms. The van der Waals surface area contributed by atoms with E-state index in [-0.39, 0.29) is 17.7 Å². The highest BCUT2D eigenvalue weighted by Gasteiger charge is 2.65. The fourth-order valence-corrected chi connectivity index (χ4v) is 3.85. The van der Waals surface area contributed by atoms with Gasteiger partial charge in [0.25, 0.3) is 0 Å². The van der Waals surface area contributed by atoms with Crippen LogP contribution in [-0.4, -0.2) is 29.8 Å². The molecule has 2 aliphatic rings. The number of carbonyl (C=O) groups excluding carboxylic acids is 2. The zero-order chi connectivity index (χ0) is 23.1. The number of nitrogens with two attached hydrogens (primary N) is 1. The van der Waals surface area contributed by atoms with Crippen molar-refractivity contribution in [3.05, 3.63) is 79.3 Å². The van der Waals surface area contributed by atoms with Crippen LogP contribution in [0.25, 0.3) is 0 Å². The topological polar surface area (TPSA) is 63.4 Å². The molecule has 2 amide bonds. The van der Waals surface area contributed by atoms with Crippen molar-refractivity contribution in [1.82, 2.24) is 4.90 Å². The Morgan fingerprint density at radius 2 is 1.31 bits per heavy atom. The van der Waals surface area contributed by atoms with E-state index in [0.29, 0.717) is 19.5 Å². The molecule has 1 heterocycles. The maximum absolute atomic E-state index is 12.3. The molecular weight excluding hydrogens is 396 g/mol. The number of nitrogens with zero attached hydrogens (tertiary/aromatic N) is 1. The Labute approximate surface area is 194 Å². The first-order valence-corrected chi connectivity index (χ1v) is 11.9. The van der Waals surface area contributed by atoms with Gasteiger partial charge in [-0.05, 0) is 57.3 Å². The first-order chi connectivity index (χ1) is 15.6. The summed E-state index contributed by atoms with van der Waals surface area (Å²) in [6.45, 7) is 3.26. The van der Waals surface area contributed by atoms with Gasteiger partial charge >= 0.3 is 0 Å². The van der Waals surface area contributed by atoms with Crippen LogP contribution >= 0.6 is 0 Å². The van der Waals surface area contributed by atoms with Gasteiger partial charge in [0, 0.05) is 19.5 Å². The SMILES string of the molecule is CC/C=C\C/C=C\C/C=C\C/C=C\C/C=C\C/C=C\CCC(=O)N1CC2[CH]C2(C(N)=O)C1. The van der Waals surface area contributed by atoms with Crippen LogP contribution in [0.1, 0.15) is 58.3 Å². The normalized spacial score (nSPS) is 23.2. The average molecular weight is 436 g/mol. The number of amides is 2. The van der Waals surface area contributed by atoms with Gasteiger partial charge in [-0.3, -0.25) is 9.59 Å². The molecule has 1 aliphatic heterocycles. The summed E-state index contributed by atoms with van der Waals surface area (Å²) in [7, 11) is 0. The minimum atomic E-state index is -0.524. The monoisotopic (exact) mass is 435 g/mol. The Bertz CT molecular complexity index is 772. The summed E-state index contributed by atoms with van der Waals surface area (Å²) in [5, 5.41) is 0. The van der Waals surface area contributed by atoms with Crippen LogP contribution in [0.15, 0.2) is 72.9 Å².